The summed E-state index contributed by atoms with van der Waals surface area (Å²) in [5.74, 6) is -2.42. The van der Waals surface area contributed by atoms with Crippen molar-refractivity contribution in [1.82, 2.24) is 15.4 Å². The minimum atomic E-state index is -1.15. The van der Waals surface area contributed by atoms with E-state index < -0.39 is 35.5 Å². The summed E-state index contributed by atoms with van der Waals surface area (Å²) in [5, 5.41) is 2.89. The number of amides is 3. The zero-order chi connectivity index (χ0) is 22.6. The van der Waals surface area contributed by atoms with E-state index in [1.165, 1.54) is 12.1 Å². The molecule has 1 aliphatic heterocycles. The molecule has 2 heterocycles. The molecule has 0 fully saturated rings. The Kier molecular flexibility index (Phi) is 6.33. The molecule has 1 atom stereocenters. The third-order valence-electron chi connectivity index (χ3n) is 4.38. The molecule has 0 spiro atoms. The van der Waals surface area contributed by atoms with E-state index in [4.69, 9.17) is 9.57 Å². The summed E-state index contributed by atoms with van der Waals surface area (Å²) in [7, 11) is 0. The normalized spacial score (nSPS) is 14.1. The number of fused-ring (bicyclic) bond motifs is 1. The molecule has 0 aliphatic carbocycles. The van der Waals surface area contributed by atoms with Crippen molar-refractivity contribution < 1.29 is 28.8 Å². The summed E-state index contributed by atoms with van der Waals surface area (Å²) < 4.78 is 5.22. The van der Waals surface area contributed by atoms with Crippen LogP contribution in [0.2, 0.25) is 0 Å². The van der Waals surface area contributed by atoms with Crippen molar-refractivity contribution in [3.05, 3.63) is 65.5 Å². The lowest BCUT2D eigenvalue weighted by Gasteiger charge is -2.23. The Bertz CT molecular complexity index is 965. The Hall–Kier alpha value is -3.75. The number of hydrogen-bond donors (Lipinski definition) is 1. The molecule has 31 heavy (non-hydrogen) atoms. The number of hydrogen-bond acceptors (Lipinski definition) is 7. The van der Waals surface area contributed by atoms with Crippen LogP contribution in [0.1, 0.15) is 53.5 Å². The van der Waals surface area contributed by atoms with Gasteiger partial charge in [-0.15, -0.1) is 0 Å². The van der Waals surface area contributed by atoms with Crippen LogP contribution in [0.15, 0.2) is 48.8 Å². The molecule has 0 bridgehead atoms. The maximum absolute atomic E-state index is 12.8. The van der Waals surface area contributed by atoms with Gasteiger partial charge in [-0.05, 0) is 63.4 Å². The summed E-state index contributed by atoms with van der Waals surface area (Å²) in [6.07, 6.45) is 2.99. The summed E-state index contributed by atoms with van der Waals surface area (Å²) >= 11 is 0. The van der Waals surface area contributed by atoms with Crippen LogP contribution in [0.25, 0.3) is 0 Å². The van der Waals surface area contributed by atoms with Crippen LogP contribution in [0.4, 0.5) is 4.79 Å². The van der Waals surface area contributed by atoms with Crippen molar-refractivity contribution in [2.24, 2.45) is 0 Å². The van der Waals surface area contributed by atoms with Crippen LogP contribution >= 0.6 is 0 Å². The Balaban J connectivity index is 1.73. The van der Waals surface area contributed by atoms with Gasteiger partial charge in [0.2, 0.25) is 0 Å². The highest BCUT2D eigenvalue weighted by atomic mass is 16.7. The maximum Gasteiger partial charge on any atom is 0.408 e. The van der Waals surface area contributed by atoms with Gasteiger partial charge >= 0.3 is 12.1 Å². The fourth-order valence-corrected chi connectivity index (χ4v) is 2.96. The van der Waals surface area contributed by atoms with Crippen LogP contribution in [-0.2, 0) is 20.8 Å². The molecule has 3 amide bonds. The first-order valence-electron chi connectivity index (χ1n) is 9.74. The van der Waals surface area contributed by atoms with E-state index in [2.05, 4.69) is 10.3 Å². The number of carbonyl (C=O) groups is 4. The highest BCUT2D eigenvalue weighted by molar-refractivity contribution is 6.20. The van der Waals surface area contributed by atoms with E-state index in [1.807, 2.05) is 0 Å². The topological polar surface area (TPSA) is 115 Å². The molecule has 0 radical (unpaired) electrons. The largest absolute Gasteiger partial charge is 0.444 e. The first kappa shape index (κ1) is 21.9. The molecule has 1 N–H and O–H groups in total. The van der Waals surface area contributed by atoms with Crippen molar-refractivity contribution in [3.8, 4) is 0 Å². The van der Waals surface area contributed by atoms with Gasteiger partial charge in [-0.3, -0.25) is 14.6 Å². The second kappa shape index (κ2) is 8.95. The van der Waals surface area contributed by atoms with Gasteiger partial charge in [0.15, 0.2) is 0 Å². The molecule has 1 aliphatic rings. The van der Waals surface area contributed by atoms with Gasteiger partial charge in [-0.25, -0.2) is 9.59 Å². The standard InChI is InChI=1S/C22H23N3O6/c1-22(2,3)30-21(29)24-17(9-8-14-10-12-23-13-11-14)20(28)31-25-18(26)15-6-4-5-7-16(15)19(25)27/h4-7,10-13,17H,8-9H2,1-3H3,(H,24,29). The number of rotatable bonds is 6. The first-order valence-corrected chi connectivity index (χ1v) is 9.74. The minimum Gasteiger partial charge on any atom is -0.444 e. The first-order chi connectivity index (χ1) is 14.7. The molecular weight excluding hydrogens is 402 g/mol. The number of nitrogens with zero attached hydrogens (tertiary/aromatic N) is 2. The van der Waals surface area contributed by atoms with Gasteiger partial charge in [-0.1, -0.05) is 17.2 Å². The van der Waals surface area contributed by atoms with Gasteiger partial charge < -0.3 is 14.9 Å². The molecular formula is C22H23N3O6. The number of imide groups is 1. The predicted octanol–water partition coefficient (Wildman–Crippen LogP) is 2.66. The van der Waals surface area contributed by atoms with Crippen LogP contribution in [0.3, 0.4) is 0 Å². The van der Waals surface area contributed by atoms with Gasteiger partial charge in [-0.2, -0.15) is 0 Å². The lowest BCUT2D eigenvalue weighted by Crippen LogP contribution is -2.47. The highest BCUT2D eigenvalue weighted by Gasteiger charge is 2.40. The number of ether oxygens (including phenoxy) is 1. The molecule has 3 rings (SSSR count). The smallest absolute Gasteiger partial charge is 0.408 e. The summed E-state index contributed by atoms with van der Waals surface area (Å²) in [6, 6.07) is 8.58. The zero-order valence-electron chi connectivity index (χ0n) is 17.5. The Morgan fingerprint density at radius 3 is 2.16 bits per heavy atom. The number of alkyl carbamates (subject to hydrolysis) is 1. The van der Waals surface area contributed by atoms with Crippen molar-refractivity contribution in [1.29, 1.82) is 0 Å². The maximum atomic E-state index is 12.8. The molecule has 1 aromatic heterocycles. The average molecular weight is 425 g/mol. The van der Waals surface area contributed by atoms with Gasteiger partial charge in [0.1, 0.15) is 11.6 Å². The zero-order valence-corrected chi connectivity index (χ0v) is 17.5. The lowest BCUT2D eigenvalue weighted by atomic mass is 10.1. The highest BCUT2D eigenvalue weighted by Crippen LogP contribution is 2.23. The molecule has 1 unspecified atom stereocenters. The fourth-order valence-electron chi connectivity index (χ4n) is 2.96. The number of nitrogens with one attached hydrogen (secondary N) is 1. The summed E-state index contributed by atoms with van der Waals surface area (Å²) in [4.78, 5) is 59.0. The number of aromatic nitrogens is 1. The fraction of sp³-hybridized carbons (Fsp3) is 0.318. The Morgan fingerprint density at radius 1 is 1.03 bits per heavy atom. The number of aryl methyl sites for hydroxylation is 1. The van der Waals surface area contributed by atoms with Crippen LogP contribution < -0.4 is 5.32 Å². The SMILES string of the molecule is CC(C)(C)OC(=O)NC(CCc1ccncc1)C(=O)ON1C(=O)c2ccccc2C1=O. The Labute approximate surface area is 179 Å². The number of carbonyl (C=O) groups excluding carboxylic acids is 4. The second-order valence-electron chi connectivity index (χ2n) is 7.95. The van der Waals surface area contributed by atoms with Crippen molar-refractivity contribution in [2.45, 2.75) is 45.3 Å². The van der Waals surface area contributed by atoms with Crippen molar-refractivity contribution >= 4 is 23.9 Å². The summed E-state index contributed by atoms with van der Waals surface area (Å²) in [6.45, 7) is 5.07. The number of pyridine rings is 1. The van der Waals surface area contributed by atoms with E-state index in [0.717, 1.165) is 5.56 Å². The Morgan fingerprint density at radius 2 is 1.61 bits per heavy atom. The quantitative estimate of drug-likeness (QED) is 0.708. The van der Waals surface area contributed by atoms with E-state index in [0.29, 0.717) is 11.5 Å². The van der Waals surface area contributed by atoms with E-state index in [9.17, 15) is 19.2 Å². The van der Waals surface area contributed by atoms with Crippen LogP contribution in [0, 0.1) is 0 Å². The van der Waals surface area contributed by atoms with Gasteiger partial charge in [0.05, 0.1) is 11.1 Å². The number of hydroxylamine groups is 2. The molecule has 9 heteroatoms. The third kappa shape index (κ3) is 5.44. The van der Waals surface area contributed by atoms with E-state index >= 15 is 0 Å². The third-order valence-corrected chi connectivity index (χ3v) is 4.38. The van der Waals surface area contributed by atoms with E-state index in [-0.39, 0.29) is 17.5 Å². The number of benzene rings is 1. The second-order valence-corrected chi connectivity index (χ2v) is 7.95. The average Bonchev–Trinajstić information content (AvgIpc) is 2.95. The minimum absolute atomic E-state index is 0.147. The van der Waals surface area contributed by atoms with Gasteiger partial charge in [0.25, 0.3) is 11.8 Å². The summed E-state index contributed by atoms with van der Waals surface area (Å²) in [5.41, 5.74) is 0.411. The molecule has 162 valence electrons. The molecule has 0 saturated heterocycles. The molecule has 2 aromatic rings. The van der Waals surface area contributed by atoms with Crippen molar-refractivity contribution in [3.63, 3.8) is 0 Å². The molecule has 1 aromatic carbocycles. The van der Waals surface area contributed by atoms with Crippen LogP contribution in [-0.4, -0.2) is 45.6 Å². The van der Waals surface area contributed by atoms with E-state index in [1.54, 1.807) is 57.4 Å². The van der Waals surface area contributed by atoms with Gasteiger partial charge in [0, 0.05) is 12.4 Å². The molecule has 9 nitrogen and oxygen atoms in total. The monoisotopic (exact) mass is 425 g/mol. The van der Waals surface area contributed by atoms with Crippen LogP contribution in [0.5, 0.6) is 0 Å². The molecule has 0 saturated carbocycles. The van der Waals surface area contributed by atoms with Crippen molar-refractivity contribution in [2.75, 3.05) is 0 Å². The predicted molar refractivity (Wildman–Crippen MR) is 109 cm³/mol. The lowest BCUT2D eigenvalue weighted by molar-refractivity contribution is -0.171.